The van der Waals surface area contributed by atoms with Crippen molar-refractivity contribution in [3.8, 4) is 0 Å². The molecule has 2 aromatic carbocycles. The highest BCUT2D eigenvalue weighted by Crippen LogP contribution is 2.49. The van der Waals surface area contributed by atoms with Crippen molar-refractivity contribution in [3.05, 3.63) is 81.5 Å². The van der Waals surface area contributed by atoms with Gasteiger partial charge in [-0.05, 0) is 52.3 Å². The fraction of sp³-hybridized carbons (Fsp3) is 0.0588. The topological polar surface area (TPSA) is 0 Å². The molecule has 0 spiro atoms. The molecule has 0 aliphatic rings. The van der Waals surface area contributed by atoms with E-state index in [0.717, 1.165) is 0 Å². The number of benzene rings is 2. The lowest BCUT2D eigenvalue weighted by atomic mass is 10.4. The molecule has 0 N–H and O–H groups in total. The molecular weight excluding hydrogens is 380 g/mol. The highest BCUT2D eigenvalue weighted by Gasteiger charge is 2.17. The molecule has 0 radical (unpaired) electrons. The average Bonchev–Trinajstić information content (AvgIpc) is 2.95. The average molecular weight is 393 g/mol. The van der Waals surface area contributed by atoms with Gasteiger partial charge in [-0.3, -0.25) is 0 Å². The van der Waals surface area contributed by atoms with Gasteiger partial charge in [-0.2, -0.15) is 0 Å². The van der Waals surface area contributed by atoms with Crippen molar-refractivity contribution in [1.29, 1.82) is 0 Å². The molecule has 0 amide bonds. The zero-order chi connectivity index (χ0) is 14.5. The maximum atomic E-state index is 3.57. The summed E-state index contributed by atoms with van der Waals surface area (Å²) in [4.78, 5) is 3.98. The minimum absolute atomic E-state index is 0.367. The third kappa shape index (κ3) is 4.39. The fourth-order valence-electron chi connectivity index (χ4n) is 1.84. The predicted octanol–water partition coefficient (Wildman–Crippen LogP) is 7.09. The van der Waals surface area contributed by atoms with Crippen molar-refractivity contribution in [1.82, 2.24) is 0 Å². The van der Waals surface area contributed by atoms with Crippen LogP contribution in [0.1, 0.15) is 9.46 Å². The lowest BCUT2D eigenvalue weighted by Crippen LogP contribution is -1.85. The van der Waals surface area contributed by atoms with E-state index in [0.29, 0.717) is 4.58 Å². The van der Waals surface area contributed by atoms with E-state index >= 15 is 0 Å². The summed E-state index contributed by atoms with van der Waals surface area (Å²) in [6.07, 6.45) is 0. The van der Waals surface area contributed by atoms with Crippen LogP contribution in [-0.4, -0.2) is 0 Å². The summed E-state index contributed by atoms with van der Waals surface area (Å²) in [7, 11) is 0. The van der Waals surface area contributed by atoms with Gasteiger partial charge in [0.25, 0.3) is 0 Å². The molecule has 0 saturated heterocycles. The van der Waals surface area contributed by atoms with Gasteiger partial charge in [0, 0.05) is 14.7 Å². The van der Waals surface area contributed by atoms with Crippen molar-refractivity contribution in [3.63, 3.8) is 0 Å². The monoisotopic (exact) mass is 392 g/mol. The molecule has 21 heavy (non-hydrogen) atoms. The van der Waals surface area contributed by atoms with Crippen molar-refractivity contribution in [2.45, 2.75) is 14.4 Å². The summed E-state index contributed by atoms with van der Waals surface area (Å²) in [5.41, 5.74) is 0. The number of hydrogen-bond acceptors (Lipinski definition) is 3. The van der Waals surface area contributed by atoms with E-state index in [1.165, 1.54) is 18.5 Å². The Labute approximate surface area is 146 Å². The van der Waals surface area contributed by atoms with Gasteiger partial charge in [0.05, 0.1) is 8.37 Å². The highest BCUT2D eigenvalue weighted by atomic mass is 79.9. The van der Waals surface area contributed by atoms with Crippen LogP contribution in [0.25, 0.3) is 0 Å². The minimum atomic E-state index is 0.367. The molecule has 0 saturated carbocycles. The quantitative estimate of drug-likeness (QED) is 0.335. The second kappa shape index (κ2) is 7.54. The van der Waals surface area contributed by atoms with E-state index in [1.807, 2.05) is 34.9 Å². The van der Waals surface area contributed by atoms with Crippen molar-refractivity contribution in [2.24, 2.45) is 0 Å². The van der Waals surface area contributed by atoms with Crippen molar-refractivity contribution < 1.29 is 0 Å². The Morgan fingerprint density at radius 2 is 1.24 bits per heavy atom. The summed E-state index contributed by atoms with van der Waals surface area (Å²) in [6, 6.07) is 25.5. The predicted molar refractivity (Wildman–Crippen MR) is 99.4 cm³/mol. The highest BCUT2D eigenvalue weighted by molar-refractivity contribution is 9.11. The third-order valence-corrected chi connectivity index (χ3v) is 7.39. The summed E-state index contributed by atoms with van der Waals surface area (Å²) < 4.78 is 1.55. The molecular formula is C17H13BrS3. The van der Waals surface area contributed by atoms with Crippen LogP contribution in [-0.2, 0) is 0 Å². The third-order valence-electron chi connectivity index (χ3n) is 2.80. The lowest BCUT2D eigenvalue weighted by Gasteiger charge is -2.15. The normalized spacial score (nSPS) is 11.0. The Kier molecular flexibility index (Phi) is 5.47. The Balaban J connectivity index is 1.84. The molecule has 106 valence electrons. The molecule has 1 heterocycles. The zero-order valence-corrected chi connectivity index (χ0v) is 15.1. The van der Waals surface area contributed by atoms with Gasteiger partial charge >= 0.3 is 0 Å². The summed E-state index contributed by atoms with van der Waals surface area (Å²) in [5.74, 6) is 0. The van der Waals surface area contributed by atoms with Gasteiger partial charge in [-0.15, -0.1) is 34.9 Å². The molecule has 0 unspecified atom stereocenters. The van der Waals surface area contributed by atoms with E-state index in [2.05, 4.69) is 88.7 Å². The number of hydrogen-bond donors (Lipinski definition) is 0. The van der Waals surface area contributed by atoms with Crippen LogP contribution in [0.3, 0.4) is 0 Å². The Morgan fingerprint density at radius 1 is 0.714 bits per heavy atom. The fourth-order valence-corrected chi connectivity index (χ4v) is 6.08. The van der Waals surface area contributed by atoms with E-state index < -0.39 is 0 Å². The first-order valence-electron chi connectivity index (χ1n) is 6.50. The largest absolute Gasteiger partial charge is 0.131 e. The van der Waals surface area contributed by atoms with Crippen LogP contribution in [0.5, 0.6) is 0 Å². The maximum absolute atomic E-state index is 3.57. The molecule has 3 aromatic rings. The summed E-state index contributed by atoms with van der Waals surface area (Å²) in [6.45, 7) is 0. The van der Waals surface area contributed by atoms with E-state index in [4.69, 9.17) is 0 Å². The molecule has 1 aromatic heterocycles. The number of rotatable bonds is 5. The first kappa shape index (κ1) is 15.2. The van der Waals surface area contributed by atoms with Gasteiger partial charge in [0.1, 0.15) is 0 Å². The van der Waals surface area contributed by atoms with Gasteiger partial charge in [0.2, 0.25) is 0 Å². The number of thiophene rings is 1. The molecule has 0 aliphatic carbocycles. The van der Waals surface area contributed by atoms with Gasteiger partial charge in [0.15, 0.2) is 0 Å². The minimum Gasteiger partial charge on any atom is -0.131 e. The van der Waals surface area contributed by atoms with E-state index in [-0.39, 0.29) is 0 Å². The summed E-state index contributed by atoms with van der Waals surface area (Å²) >= 11 is 9.19. The van der Waals surface area contributed by atoms with Crippen LogP contribution < -0.4 is 0 Å². The van der Waals surface area contributed by atoms with Gasteiger partial charge in [-0.1, -0.05) is 36.4 Å². The van der Waals surface area contributed by atoms with Crippen LogP contribution in [0.2, 0.25) is 0 Å². The first-order chi connectivity index (χ1) is 10.3. The van der Waals surface area contributed by atoms with Crippen LogP contribution in [0.15, 0.2) is 86.4 Å². The van der Waals surface area contributed by atoms with E-state index in [9.17, 15) is 0 Å². The second-order valence-electron chi connectivity index (χ2n) is 4.34. The Bertz CT molecular complexity index is 638. The second-order valence-corrected chi connectivity index (χ2v) is 9.49. The molecule has 0 nitrogen and oxygen atoms in total. The lowest BCUT2D eigenvalue weighted by molar-refractivity contribution is 1.38. The molecule has 3 rings (SSSR count). The molecule has 0 aliphatic heterocycles. The maximum Gasteiger partial charge on any atom is 0.0937 e. The van der Waals surface area contributed by atoms with Crippen molar-refractivity contribution >= 4 is 50.8 Å². The van der Waals surface area contributed by atoms with Crippen LogP contribution in [0, 0.1) is 0 Å². The number of thioether (sulfide) groups is 2. The number of halogens is 1. The standard InChI is InChI=1S/C17H13BrS3/c18-16-12-11-15(21-16)17(19-13-7-3-1-4-8-13)20-14-9-5-2-6-10-14/h1-12,17H. The van der Waals surface area contributed by atoms with Crippen molar-refractivity contribution in [2.75, 3.05) is 0 Å². The smallest absolute Gasteiger partial charge is 0.0937 e. The van der Waals surface area contributed by atoms with Crippen LogP contribution >= 0.6 is 50.8 Å². The zero-order valence-electron chi connectivity index (χ0n) is 11.1. The van der Waals surface area contributed by atoms with Gasteiger partial charge in [-0.25, -0.2) is 0 Å². The molecule has 0 bridgehead atoms. The molecule has 0 atom stereocenters. The van der Waals surface area contributed by atoms with Gasteiger partial charge < -0.3 is 0 Å². The molecule has 4 heteroatoms. The molecule has 0 fully saturated rings. The van der Waals surface area contributed by atoms with Crippen LogP contribution in [0.4, 0.5) is 0 Å². The first-order valence-corrected chi connectivity index (χ1v) is 9.87. The Morgan fingerprint density at radius 3 is 1.67 bits per heavy atom. The Hall–Kier alpha value is -0.680. The van der Waals surface area contributed by atoms with E-state index in [1.54, 1.807) is 0 Å². The SMILES string of the molecule is Brc1ccc(C(Sc2ccccc2)Sc2ccccc2)s1. The summed E-state index contributed by atoms with van der Waals surface area (Å²) in [5, 5.41) is 0.